The molecule has 5 heterocycles. The lowest BCUT2D eigenvalue weighted by Gasteiger charge is -2.36. The van der Waals surface area contributed by atoms with E-state index >= 15 is 0 Å². The van der Waals surface area contributed by atoms with Gasteiger partial charge in [-0.3, -0.25) is 4.68 Å². The molecule has 2 aliphatic rings. The Hall–Kier alpha value is -3.45. The predicted octanol–water partition coefficient (Wildman–Crippen LogP) is 3.19. The fourth-order valence-electron chi connectivity index (χ4n) is 5.45. The van der Waals surface area contributed by atoms with Gasteiger partial charge in [0.05, 0.1) is 35.8 Å². The van der Waals surface area contributed by atoms with Crippen LogP contribution in [0.25, 0.3) is 22.6 Å². The van der Waals surface area contributed by atoms with E-state index in [4.69, 9.17) is 4.98 Å². The lowest BCUT2D eigenvalue weighted by Crippen LogP contribution is -2.42. The van der Waals surface area contributed by atoms with E-state index in [1.807, 2.05) is 19.2 Å². The summed E-state index contributed by atoms with van der Waals surface area (Å²) in [6.45, 7) is 3.39. The zero-order valence-corrected chi connectivity index (χ0v) is 21.2. The average Bonchev–Trinajstić information content (AvgIpc) is 3.66. The van der Waals surface area contributed by atoms with Gasteiger partial charge in [-0.05, 0) is 57.4 Å². The molecule has 38 heavy (non-hydrogen) atoms. The summed E-state index contributed by atoms with van der Waals surface area (Å²) in [6.07, 6.45) is 8.46. The van der Waals surface area contributed by atoms with Crippen molar-refractivity contribution in [1.29, 1.82) is 0 Å². The number of alkyl halides is 2. The second kappa shape index (κ2) is 9.70. The van der Waals surface area contributed by atoms with Crippen molar-refractivity contribution in [2.24, 2.45) is 5.92 Å². The van der Waals surface area contributed by atoms with Gasteiger partial charge in [0.25, 0.3) is 6.43 Å². The zero-order valence-electron chi connectivity index (χ0n) is 21.2. The molecule has 1 aliphatic carbocycles. The topological polar surface area (TPSA) is 122 Å². The molecule has 2 N–H and O–H groups in total. The number of anilines is 1. The smallest absolute Gasteiger partial charge is 0.284 e. The number of hydrogen-bond donors (Lipinski definition) is 2. The Kier molecular flexibility index (Phi) is 6.34. The molecule has 0 radical (unpaired) electrons. The van der Waals surface area contributed by atoms with E-state index in [1.54, 1.807) is 27.8 Å². The minimum Gasteiger partial charge on any atom is -0.396 e. The summed E-state index contributed by atoms with van der Waals surface area (Å²) in [7, 11) is 0. The fourth-order valence-corrected chi connectivity index (χ4v) is 5.45. The third-order valence-electron chi connectivity index (χ3n) is 7.93. The van der Waals surface area contributed by atoms with Crippen molar-refractivity contribution in [3.8, 4) is 16.9 Å². The highest BCUT2D eigenvalue weighted by molar-refractivity contribution is 5.75. The van der Waals surface area contributed by atoms with Crippen molar-refractivity contribution in [1.82, 2.24) is 39.4 Å². The van der Waals surface area contributed by atoms with Crippen molar-refractivity contribution in [2.75, 3.05) is 24.6 Å². The first-order chi connectivity index (χ1) is 18.3. The van der Waals surface area contributed by atoms with Crippen LogP contribution in [-0.4, -0.2) is 74.9 Å². The molecule has 11 nitrogen and oxygen atoms in total. The minimum absolute atomic E-state index is 0.00719. The number of aliphatic hydroxyl groups is 2. The molecule has 202 valence electrons. The first-order valence-electron chi connectivity index (χ1n) is 13.0. The molecular weight excluding hydrogens is 496 g/mol. The van der Waals surface area contributed by atoms with Gasteiger partial charge in [-0.25, -0.2) is 23.0 Å². The molecule has 1 saturated carbocycles. The molecule has 6 rings (SSSR count). The van der Waals surface area contributed by atoms with Crippen LogP contribution < -0.4 is 4.90 Å². The van der Waals surface area contributed by atoms with Gasteiger partial charge in [0.15, 0.2) is 11.3 Å². The molecule has 4 aromatic heterocycles. The molecule has 2 fully saturated rings. The van der Waals surface area contributed by atoms with Gasteiger partial charge in [0, 0.05) is 25.9 Å². The molecule has 0 bridgehead atoms. The van der Waals surface area contributed by atoms with Crippen molar-refractivity contribution < 1.29 is 19.0 Å². The maximum Gasteiger partial charge on any atom is 0.284 e. The first kappa shape index (κ1) is 24.9. The Bertz CT molecular complexity index is 1410. The highest BCUT2D eigenvalue weighted by Crippen LogP contribution is 2.34. The minimum atomic E-state index is -2.76. The highest BCUT2D eigenvalue weighted by Gasteiger charge is 2.29. The molecular formula is C25H31F2N9O2. The Morgan fingerprint density at radius 1 is 1.13 bits per heavy atom. The Morgan fingerprint density at radius 3 is 2.61 bits per heavy atom. The van der Waals surface area contributed by atoms with E-state index in [9.17, 15) is 19.0 Å². The first-order valence-corrected chi connectivity index (χ1v) is 13.0. The Labute approximate surface area is 217 Å². The quantitative estimate of drug-likeness (QED) is 0.392. The molecule has 1 saturated heterocycles. The molecule has 4 aromatic rings. The van der Waals surface area contributed by atoms with Gasteiger partial charge in [0.1, 0.15) is 17.2 Å². The Morgan fingerprint density at radius 2 is 1.89 bits per heavy atom. The number of rotatable bonds is 6. The fraction of sp³-hybridized carbons (Fsp3) is 0.560. The predicted molar refractivity (Wildman–Crippen MR) is 134 cm³/mol. The van der Waals surface area contributed by atoms with Gasteiger partial charge >= 0.3 is 0 Å². The van der Waals surface area contributed by atoms with Gasteiger partial charge in [-0.1, -0.05) is 5.21 Å². The highest BCUT2D eigenvalue weighted by atomic mass is 19.3. The molecule has 0 spiro atoms. The molecule has 1 aliphatic heterocycles. The number of nitrogens with zero attached hydrogens (tertiary/aromatic N) is 9. The summed E-state index contributed by atoms with van der Waals surface area (Å²) in [5.74, 6) is 1.04. The van der Waals surface area contributed by atoms with Crippen LogP contribution in [0.3, 0.4) is 0 Å². The summed E-state index contributed by atoms with van der Waals surface area (Å²) < 4.78 is 32.5. The molecule has 0 amide bonds. The van der Waals surface area contributed by atoms with E-state index in [2.05, 4.69) is 25.4 Å². The molecule has 0 unspecified atom stereocenters. The molecule has 0 atom stereocenters. The van der Waals surface area contributed by atoms with E-state index in [1.165, 1.54) is 4.68 Å². The average molecular weight is 528 g/mol. The summed E-state index contributed by atoms with van der Waals surface area (Å²) in [5, 5.41) is 36.7. The van der Waals surface area contributed by atoms with Crippen LogP contribution >= 0.6 is 0 Å². The van der Waals surface area contributed by atoms with Crippen molar-refractivity contribution >= 4 is 11.5 Å². The SMILES string of the molecule is CC1(O)CCN(c2ccn3ncc(-c4cn(-c5cn(C6CCC(CO)CC6)nc5C(F)F)nn4)c3n2)CC1. The van der Waals surface area contributed by atoms with Gasteiger partial charge in [-0.15, -0.1) is 5.10 Å². The zero-order chi connectivity index (χ0) is 26.4. The monoisotopic (exact) mass is 527 g/mol. The van der Waals surface area contributed by atoms with Gasteiger partial charge < -0.3 is 15.1 Å². The third-order valence-corrected chi connectivity index (χ3v) is 7.93. The number of aliphatic hydroxyl groups excluding tert-OH is 1. The second-order valence-electron chi connectivity index (χ2n) is 10.7. The van der Waals surface area contributed by atoms with Crippen molar-refractivity contribution in [3.05, 3.63) is 36.5 Å². The van der Waals surface area contributed by atoms with Crippen LogP contribution in [0.5, 0.6) is 0 Å². The van der Waals surface area contributed by atoms with Crippen LogP contribution in [0.15, 0.2) is 30.9 Å². The van der Waals surface area contributed by atoms with E-state index in [-0.39, 0.29) is 29.9 Å². The van der Waals surface area contributed by atoms with E-state index in [0.717, 1.165) is 31.5 Å². The van der Waals surface area contributed by atoms with Crippen molar-refractivity contribution in [2.45, 2.75) is 63.5 Å². The van der Waals surface area contributed by atoms with Crippen LogP contribution in [0.4, 0.5) is 14.6 Å². The summed E-state index contributed by atoms with van der Waals surface area (Å²) in [5.41, 5.74) is 0.862. The molecule has 0 aromatic carbocycles. The van der Waals surface area contributed by atoms with Crippen LogP contribution in [0.1, 0.15) is 63.6 Å². The van der Waals surface area contributed by atoms with Gasteiger partial charge in [0.2, 0.25) is 0 Å². The van der Waals surface area contributed by atoms with Crippen LogP contribution in [0.2, 0.25) is 0 Å². The number of fused-ring (bicyclic) bond motifs is 1. The number of piperidine rings is 1. The maximum absolute atomic E-state index is 14.0. The number of halogens is 2. The second-order valence-corrected chi connectivity index (χ2v) is 10.7. The summed E-state index contributed by atoms with van der Waals surface area (Å²) >= 11 is 0. The summed E-state index contributed by atoms with van der Waals surface area (Å²) in [6, 6.07) is 1.89. The summed E-state index contributed by atoms with van der Waals surface area (Å²) in [4.78, 5) is 6.93. The lowest BCUT2D eigenvalue weighted by molar-refractivity contribution is 0.0350. The van der Waals surface area contributed by atoms with Gasteiger partial charge in [-0.2, -0.15) is 10.2 Å². The maximum atomic E-state index is 14.0. The van der Waals surface area contributed by atoms with E-state index in [0.29, 0.717) is 42.8 Å². The van der Waals surface area contributed by atoms with Crippen LogP contribution in [-0.2, 0) is 0 Å². The number of aromatic nitrogens is 8. The Balaban J connectivity index is 1.28. The van der Waals surface area contributed by atoms with Crippen LogP contribution in [0, 0.1) is 5.92 Å². The lowest BCUT2D eigenvalue weighted by atomic mass is 9.87. The largest absolute Gasteiger partial charge is 0.396 e. The third kappa shape index (κ3) is 4.64. The number of hydrogen-bond acceptors (Lipinski definition) is 8. The van der Waals surface area contributed by atoms with E-state index < -0.39 is 12.0 Å². The standard InChI is InChI=1S/C25H31F2N9O2/c1-25(38)7-10-33(11-8-25)21-6-9-34-24(29-21)18(12-28-34)19-13-36(32-30-19)20-14-35(31-22(20)23(26)27)17-4-2-16(15-37)3-5-17/h6,9,12-14,16-17,23,37-38H,2-5,7-8,10-11,15H2,1H3. The van der Waals surface area contributed by atoms with Crippen molar-refractivity contribution in [3.63, 3.8) is 0 Å². The normalized spacial score (nSPS) is 22.0. The molecule has 13 heteroatoms.